The zero-order valence-electron chi connectivity index (χ0n) is 11.7. The molecule has 116 valence electrons. The van der Waals surface area contributed by atoms with Crippen molar-refractivity contribution < 1.29 is 29.0 Å². The molecule has 2 rings (SSSR count). The Morgan fingerprint density at radius 2 is 2.09 bits per heavy atom. The number of carbonyl (C=O) groups excluding carboxylic acids is 3. The van der Waals surface area contributed by atoms with Crippen molar-refractivity contribution in [3.63, 3.8) is 0 Å². The lowest BCUT2D eigenvalue weighted by atomic mass is 9.96. The van der Waals surface area contributed by atoms with E-state index in [0.717, 1.165) is 11.0 Å². The lowest BCUT2D eigenvalue weighted by Crippen LogP contribution is -2.35. The molecule has 0 aromatic heterocycles. The van der Waals surface area contributed by atoms with E-state index in [4.69, 9.17) is 0 Å². The van der Waals surface area contributed by atoms with E-state index in [-0.39, 0.29) is 17.7 Å². The largest absolute Gasteiger partial charge is 0.550 e. The first-order valence-corrected chi connectivity index (χ1v) is 6.53. The zero-order chi connectivity index (χ0) is 16.4. The van der Waals surface area contributed by atoms with Crippen LogP contribution in [0.25, 0.3) is 0 Å². The molecule has 0 saturated carbocycles. The lowest BCUT2D eigenvalue weighted by Gasteiger charge is -2.26. The number of aliphatic hydroxyl groups is 1. The maximum atomic E-state index is 13.4. The number of nitrogens with zero attached hydrogens (tertiary/aromatic N) is 1. The molecule has 6 nitrogen and oxygen atoms in total. The second-order valence-electron chi connectivity index (χ2n) is 4.90. The fourth-order valence-electron chi connectivity index (χ4n) is 2.48. The van der Waals surface area contributed by atoms with Crippen LogP contribution in [-0.4, -0.2) is 34.2 Å². The van der Waals surface area contributed by atoms with Crippen molar-refractivity contribution >= 4 is 17.7 Å². The number of halogens is 1. The van der Waals surface area contributed by atoms with Gasteiger partial charge in [-0.15, -0.1) is 0 Å². The topological polar surface area (TPSA) is 97.7 Å². The summed E-state index contributed by atoms with van der Waals surface area (Å²) in [5.74, 6) is -4.09. The van der Waals surface area contributed by atoms with Crippen LogP contribution in [0.1, 0.15) is 24.9 Å². The predicted molar refractivity (Wildman–Crippen MR) is 70.8 cm³/mol. The van der Waals surface area contributed by atoms with E-state index in [0.29, 0.717) is 0 Å². The van der Waals surface area contributed by atoms with Crippen LogP contribution in [0.5, 0.6) is 0 Å². The maximum absolute atomic E-state index is 13.4. The van der Waals surface area contributed by atoms with E-state index in [2.05, 4.69) is 0 Å². The minimum atomic E-state index is -1.37. The number of aliphatic carboxylic acids is 1. The predicted octanol–water partition coefficient (Wildman–Crippen LogP) is 0.250. The van der Waals surface area contributed by atoms with Gasteiger partial charge in [-0.3, -0.25) is 9.59 Å². The van der Waals surface area contributed by atoms with Crippen molar-refractivity contribution in [1.29, 1.82) is 0 Å². The molecule has 0 aliphatic carbocycles. The SMILES string of the molecule is CC(=O)C1=C(O)C(=O)N(CCC(=O)[O-])C1c1cccc(F)c1. The van der Waals surface area contributed by atoms with Gasteiger partial charge in [0.05, 0.1) is 11.6 Å². The molecule has 1 heterocycles. The molecule has 1 aliphatic rings. The monoisotopic (exact) mass is 306 g/mol. The van der Waals surface area contributed by atoms with Crippen LogP contribution in [0.4, 0.5) is 4.39 Å². The van der Waals surface area contributed by atoms with Crippen LogP contribution in [0.3, 0.4) is 0 Å². The Bertz CT molecular complexity index is 682. The first kappa shape index (κ1) is 15.7. The molecule has 1 N–H and O–H groups in total. The summed E-state index contributed by atoms with van der Waals surface area (Å²) in [6.07, 6.45) is -0.462. The number of rotatable bonds is 5. The second-order valence-corrected chi connectivity index (χ2v) is 4.90. The molecule has 1 aromatic rings. The summed E-state index contributed by atoms with van der Waals surface area (Å²) in [6, 6.07) is 4.21. The quantitative estimate of drug-likeness (QED) is 0.841. The van der Waals surface area contributed by atoms with E-state index in [1.165, 1.54) is 25.1 Å². The standard InChI is InChI=1S/C15H14FNO5/c1-8(18)12-13(9-3-2-4-10(16)7-9)17(6-5-11(19)20)15(22)14(12)21/h2-4,7,13,21H,5-6H2,1H3,(H,19,20)/p-1. The normalized spacial score (nSPS) is 18.0. The van der Waals surface area contributed by atoms with Crippen molar-refractivity contribution in [2.24, 2.45) is 0 Å². The average molecular weight is 306 g/mol. The highest BCUT2D eigenvalue weighted by atomic mass is 19.1. The minimum Gasteiger partial charge on any atom is -0.550 e. The van der Waals surface area contributed by atoms with Gasteiger partial charge in [-0.25, -0.2) is 4.39 Å². The summed E-state index contributed by atoms with van der Waals surface area (Å²) in [7, 11) is 0. The molecule has 1 amide bonds. The number of benzene rings is 1. The zero-order valence-corrected chi connectivity index (χ0v) is 11.7. The fourth-order valence-corrected chi connectivity index (χ4v) is 2.48. The van der Waals surface area contributed by atoms with Gasteiger partial charge >= 0.3 is 0 Å². The highest BCUT2D eigenvalue weighted by Crippen LogP contribution is 2.37. The highest BCUT2D eigenvalue weighted by molar-refractivity contribution is 6.08. The third-order valence-corrected chi connectivity index (χ3v) is 3.40. The van der Waals surface area contributed by atoms with E-state index in [9.17, 15) is 29.0 Å². The minimum absolute atomic E-state index is 0.172. The van der Waals surface area contributed by atoms with E-state index in [1.54, 1.807) is 0 Å². The molecule has 0 bridgehead atoms. The molecule has 1 unspecified atom stereocenters. The fraction of sp³-hybridized carbons (Fsp3) is 0.267. The number of carbonyl (C=O) groups is 3. The van der Waals surface area contributed by atoms with E-state index < -0.39 is 41.7 Å². The molecular weight excluding hydrogens is 293 g/mol. The molecule has 7 heteroatoms. The Hall–Kier alpha value is -2.70. The molecule has 0 fully saturated rings. The smallest absolute Gasteiger partial charge is 0.290 e. The molecule has 22 heavy (non-hydrogen) atoms. The Labute approximate surface area is 125 Å². The number of Topliss-reactive ketones (excluding diaryl/α,β-unsaturated/α-hetero) is 1. The number of hydrogen-bond acceptors (Lipinski definition) is 5. The number of aliphatic hydroxyl groups excluding tert-OH is 1. The molecule has 1 aliphatic heterocycles. The third-order valence-electron chi connectivity index (χ3n) is 3.40. The van der Waals surface area contributed by atoms with Crippen LogP contribution in [-0.2, 0) is 14.4 Å². The number of ketones is 1. The van der Waals surface area contributed by atoms with E-state index in [1.807, 2.05) is 0 Å². The van der Waals surface area contributed by atoms with Crippen LogP contribution in [0.2, 0.25) is 0 Å². The molecule has 0 radical (unpaired) electrons. The summed E-state index contributed by atoms with van der Waals surface area (Å²) in [4.78, 5) is 35.4. The van der Waals surface area contributed by atoms with Gasteiger partial charge in [-0.2, -0.15) is 0 Å². The van der Waals surface area contributed by atoms with Gasteiger partial charge < -0.3 is 19.9 Å². The van der Waals surface area contributed by atoms with Gasteiger partial charge in [0, 0.05) is 18.9 Å². The number of hydrogen-bond donors (Lipinski definition) is 1. The highest BCUT2D eigenvalue weighted by Gasteiger charge is 2.42. The van der Waals surface area contributed by atoms with Gasteiger partial charge in [-0.1, -0.05) is 12.1 Å². The van der Waals surface area contributed by atoms with Gasteiger partial charge in [0.15, 0.2) is 11.5 Å². The number of carboxylic acid groups (broad SMARTS) is 1. The lowest BCUT2D eigenvalue weighted by molar-refractivity contribution is -0.305. The summed E-state index contributed by atoms with van der Waals surface area (Å²) in [5.41, 5.74) is 0.106. The molecule has 1 aromatic carbocycles. The van der Waals surface area contributed by atoms with Crippen molar-refractivity contribution in [2.45, 2.75) is 19.4 Å². The van der Waals surface area contributed by atoms with Gasteiger partial charge in [0.2, 0.25) is 0 Å². The molecule has 1 atom stereocenters. The van der Waals surface area contributed by atoms with Gasteiger partial charge in [0.25, 0.3) is 5.91 Å². The summed E-state index contributed by atoms with van der Waals surface area (Å²) in [5, 5.41) is 20.5. The van der Waals surface area contributed by atoms with Crippen LogP contribution < -0.4 is 5.11 Å². The molecule has 0 saturated heterocycles. The Kier molecular flexibility index (Phi) is 4.25. The Morgan fingerprint density at radius 3 is 2.64 bits per heavy atom. The Balaban J connectivity index is 2.48. The van der Waals surface area contributed by atoms with Crippen LogP contribution in [0, 0.1) is 5.82 Å². The summed E-state index contributed by atoms with van der Waals surface area (Å²) < 4.78 is 13.4. The third kappa shape index (κ3) is 2.83. The van der Waals surface area contributed by atoms with Crippen molar-refractivity contribution in [3.05, 3.63) is 47.0 Å². The summed E-state index contributed by atoms with van der Waals surface area (Å²) in [6.45, 7) is 0.913. The molecule has 0 spiro atoms. The van der Waals surface area contributed by atoms with Crippen molar-refractivity contribution in [2.75, 3.05) is 6.54 Å². The van der Waals surface area contributed by atoms with Gasteiger partial charge in [0.1, 0.15) is 5.82 Å². The Morgan fingerprint density at radius 1 is 1.41 bits per heavy atom. The van der Waals surface area contributed by atoms with Crippen molar-refractivity contribution in [3.8, 4) is 0 Å². The number of amides is 1. The first-order chi connectivity index (χ1) is 10.3. The maximum Gasteiger partial charge on any atom is 0.290 e. The average Bonchev–Trinajstić information content (AvgIpc) is 2.69. The van der Waals surface area contributed by atoms with E-state index >= 15 is 0 Å². The molecular formula is C15H13FNO5-. The van der Waals surface area contributed by atoms with Gasteiger partial charge in [-0.05, 0) is 24.6 Å². The number of carboxylic acids is 1. The second kappa shape index (κ2) is 5.97. The summed E-state index contributed by atoms with van der Waals surface area (Å²) >= 11 is 0. The van der Waals surface area contributed by atoms with Crippen LogP contribution >= 0.6 is 0 Å². The first-order valence-electron chi connectivity index (χ1n) is 6.53. The van der Waals surface area contributed by atoms with Crippen LogP contribution in [0.15, 0.2) is 35.6 Å². The van der Waals surface area contributed by atoms with Crippen molar-refractivity contribution in [1.82, 2.24) is 4.90 Å².